The first-order valence-corrected chi connectivity index (χ1v) is 8.77. The van der Waals surface area contributed by atoms with Crippen molar-refractivity contribution >= 4 is 23.8 Å². The number of esters is 2. The summed E-state index contributed by atoms with van der Waals surface area (Å²) in [4.78, 5) is 53.2. The summed E-state index contributed by atoms with van der Waals surface area (Å²) >= 11 is 0. The van der Waals surface area contributed by atoms with Gasteiger partial charge in [0.05, 0.1) is 13.7 Å². The SMILES string of the molecule is CCOC(=O)C(CC(NC(=O)OC(C)(C)C)C(=O)OC)C(=O)c1ccncc1. The zero-order chi connectivity index (χ0) is 21.3. The fraction of sp³-hybridized carbons (Fsp3) is 0.526. The van der Waals surface area contributed by atoms with E-state index in [4.69, 9.17) is 9.47 Å². The van der Waals surface area contributed by atoms with Crippen LogP contribution in [0.5, 0.6) is 0 Å². The number of pyridine rings is 1. The molecular weight excluding hydrogens is 368 g/mol. The molecule has 0 saturated heterocycles. The van der Waals surface area contributed by atoms with Crippen LogP contribution in [0.2, 0.25) is 0 Å². The molecule has 0 aliphatic heterocycles. The number of Topliss-reactive ketones (excluding diaryl/α,β-unsaturated/α-hetero) is 1. The van der Waals surface area contributed by atoms with E-state index in [1.54, 1.807) is 27.7 Å². The lowest BCUT2D eigenvalue weighted by Crippen LogP contribution is -2.46. The lowest BCUT2D eigenvalue weighted by Gasteiger charge is -2.24. The van der Waals surface area contributed by atoms with Gasteiger partial charge in [0.1, 0.15) is 17.6 Å². The van der Waals surface area contributed by atoms with Gasteiger partial charge in [0, 0.05) is 18.0 Å². The molecule has 0 saturated carbocycles. The monoisotopic (exact) mass is 394 g/mol. The molecule has 1 amide bonds. The van der Waals surface area contributed by atoms with Gasteiger partial charge in [0.25, 0.3) is 0 Å². The van der Waals surface area contributed by atoms with Crippen LogP contribution in [0.3, 0.4) is 0 Å². The molecule has 1 heterocycles. The average molecular weight is 394 g/mol. The van der Waals surface area contributed by atoms with Gasteiger partial charge < -0.3 is 19.5 Å². The first-order chi connectivity index (χ1) is 13.1. The average Bonchev–Trinajstić information content (AvgIpc) is 2.63. The fourth-order valence-corrected chi connectivity index (χ4v) is 2.31. The number of ether oxygens (including phenoxy) is 3. The van der Waals surface area contributed by atoms with Gasteiger partial charge in [-0.25, -0.2) is 9.59 Å². The highest BCUT2D eigenvalue weighted by molar-refractivity contribution is 6.09. The van der Waals surface area contributed by atoms with E-state index < -0.39 is 41.4 Å². The number of nitrogens with zero attached hydrogens (tertiary/aromatic N) is 1. The van der Waals surface area contributed by atoms with Gasteiger partial charge in [-0.3, -0.25) is 14.6 Å². The summed E-state index contributed by atoms with van der Waals surface area (Å²) < 4.78 is 14.8. The van der Waals surface area contributed by atoms with Crippen molar-refractivity contribution < 1.29 is 33.4 Å². The van der Waals surface area contributed by atoms with Crippen LogP contribution in [-0.2, 0) is 23.8 Å². The maximum absolute atomic E-state index is 12.8. The summed E-state index contributed by atoms with van der Waals surface area (Å²) in [6.07, 6.45) is 1.60. The standard InChI is InChI=1S/C19H26N2O7/c1-6-27-16(23)13(15(22)12-7-9-20-10-8-12)11-14(17(24)26-5)21-18(25)28-19(2,3)4/h7-10,13-14H,6,11H2,1-5H3,(H,21,25). The number of alkyl carbamates (subject to hydrolysis) is 1. The van der Waals surface area contributed by atoms with Gasteiger partial charge in [-0.05, 0) is 46.2 Å². The smallest absolute Gasteiger partial charge is 0.408 e. The molecule has 0 fully saturated rings. The second-order valence-corrected chi connectivity index (χ2v) is 6.86. The van der Waals surface area contributed by atoms with Crippen molar-refractivity contribution in [3.8, 4) is 0 Å². The summed E-state index contributed by atoms with van der Waals surface area (Å²) in [6, 6.07) is 1.62. The molecule has 1 rings (SSSR count). The number of nitrogens with one attached hydrogen (secondary N) is 1. The number of rotatable bonds is 8. The minimum absolute atomic E-state index is 0.0569. The predicted molar refractivity (Wildman–Crippen MR) is 98.5 cm³/mol. The van der Waals surface area contributed by atoms with Gasteiger partial charge in [0.2, 0.25) is 0 Å². The molecule has 0 aromatic carbocycles. The van der Waals surface area contributed by atoms with Crippen LogP contribution >= 0.6 is 0 Å². The van der Waals surface area contributed by atoms with Crippen LogP contribution in [0.25, 0.3) is 0 Å². The minimum Gasteiger partial charge on any atom is -0.467 e. The molecule has 0 aliphatic carbocycles. The van der Waals surface area contributed by atoms with E-state index in [0.717, 1.165) is 7.11 Å². The van der Waals surface area contributed by atoms with Crippen LogP contribution in [0.4, 0.5) is 4.79 Å². The summed E-state index contributed by atoms with van der Waals surface area (Å²) in [7, 11) is 1.14. The minimum atomic E-state index is -1.32. The van der Waals surface area contributed by atoms with Crippen LogP contribution in [0.15, 0.2) is 24.5 Å². The van der Waals surface area contributed by atoms with Crippen LogP contribution < -0.4 is 5.32 Å². The van der Waals surface area contributed by atoms with Crippen molar-refractivity contribution in [2.45, 2.75) is 45.8 Å². The van der Waals surface area contributed by atoms with Crippen molar-refractivity contribution in [1.82, 2.24) is 10.3 Å². The van der Waals surface area contributed by atoms with Gasteiger partial charge in [-0.1, -0.05) is 0 Å². The zero-order valence-electron chi connectivity index (χ0n) is 16.7. The molecule has 1 aromatic rings. The third-order valence-electron chi connectivity index (χ3n) is 3.50. The van der Waals surface area contributed by atoms with E-state index in [-0.39, 0.29) is 18.6 Å². The van der Waals surface area contributed by atoms with Gasteiger partial charge in [-0.15, -0.1) is 0 Å². The lowest BCUT2D eigenvalue weighted by atomic mass is 9.91. The summed E-state index contributed by atoms with van der Waals surface area (Å²) in [6.45, 7) is 6.64. The maximum atomic E-state index is 12.8. The highest BCUT2D eigenvalue weighted by atomic mass is 16.6. The Bertz CT molecular complexity index is 698. The second-order valence-electron chi connectivity index (χ2n) is 6.86. The molecule has 0 aliphatic rings. The number of hydrogen-bond acceptors (Lipinski definition) is 8. The van der Waals surface area contributed by atoms with Crippen LogP contribution in [0.1, 0.15) is 44.5 Å². The third kappa shape index (κ3) is 7.34. The van der Waals surface area contributed by atoms with E-state index in [2.05, 4.69) is 15.0 Å². The number of carbonyl (C=O) groups excluding carboxylic acids is 4. The van der Waals surface area contributed by atoms with Crippen molar-refractivity contribution in [3.63, 3.8) is 0 Å². The topological polar surface area (TPSA) is 121 Å². The molecular formula is C19H26N2O7. The normalized spacial score (nSPS) is 13.0. The van der Waals surface area contributed by atoms with Crippen LogP contribution in [0, 0.1) is 5.92 Å². The Balaban J connectivity index is 3.08. The number of aromatic nitrogens is 1. The summed E-state index contributed by atoms with van der Waals surface area (Å²) in [5.41, 5.74) is -0.563. The Hall–Kier alpha value is -2.97. The Morgan fingerprint density at radius 2 is 1.71 bits per heavy atom. The van der Waals surface area contributed by atoms with E-state index in [1.165, 1.54) is 24.5 Å². The van der Waals surface area contributed by atoms with E-state index in [1.807, 2.05) is 0 Å². The molecule has 9 heteroatoms. The van der Waals surface area contributed by atoms with Gasteiger partial charge in [-0.2, -0.15) is 0 Å². The first-order valence-electron chi connectivity index (χ1n) is 8.77. The van der Waals surface area contributed by atoms with E-state index in [0.29, 0.717) is 0 Å². The maximum Gasteiger partial charge on any atom is 0.408 e. The molecule has 0 spiro atoms. The highest BCUT2D eigenvalue weighted by Gasteiger charge is 2.36. The second kappa shape index (κ2) is 10.4. The third-order valence-corrected chi connectivity index (χ3v) is 3.50. The number of carbonyl (C=O) groups is 4. The molecule has 2 unspecified atom stereocenters. The zero-order valence-corrected chi connectivity index (χ0v) is 16.7. The highest BCUT2D eigenvalue weighted by Crippen LogP contribution is 2.18. The number of hydrogen-bond donors (Lipinski definition) is 1. The molecule has 1 N–H and O–H groups in total. The Morgan fingerprint density at radius 1 is 1.11 bits per heavy atom. The van der Waals surface area contributed by atoms with Crippen molar-refractivity contribution in [2.24, 2.45) is 5.92 Å². The Morgan fingerprint density at radius 3 is 2.21 bits per heavy atom. The summed E-state index contributed by atoms with van der Waals surface area (Å²) in [5.74, 6) is -3.49. The number of methoxy groups -OCH3 is 1. The predicted octanol–water partition coefficient (Wildman–Crippen LogP) is 1.90. The summed E-state index contributed by atoms with van der Waals surface area (Å²) in [5, 5.41) is 2.35. The molecule has 0 radical (unpaired) electrons. The quantitative estimate of drug-likeness (QED) is 0.307. The largest absolute Gasteiger partial charge is 0.467 e. The number of amides is 1. The Labute approximate surface area is 163 Å². The van der Waals surface area contributed by atoms with Gasteiger partial charge >= 0.3 is 18.0 Å². The van der Waals surface area contributed by atoms with Crippen molar-refractivity contribution in [3.05, 3.63) is 30.1 Å². The first kappa shape index (κ1) is 23.1. The molecule has 154 valence electrons. The van der Waals surface area contributed by atoms with Crippen molar-refractivity contribution in [2.75, 3.05) is 13.7 Å². The Kier molecular flexibility index (Phi) is 8.56. The fourth-order valence-electron chi connectivity index (χ4n) is 2.31. The molecule has 9 nitrogen and oxygen atoms in total. The molecule has 2 atom stereocenters. The van der Waals surface area contributed by atoms with E-state index in [9.17, 15) is 19.2 Å². The lowest BCUT2D eigenvalue weighted by molar-refractivity contribution is -0.148. The molecule has 28 heavy (non-hydrogen) atoms. The van der Waals surface area contributed by atoms with Crippen molar-refractivity contribution in [1.29, 1.82) is 0 Å². The molecule has 0 bridgehead atoms. The van der Waals surface area contributed by atoms with Crippen LogP contribution in [-0.4, -0.2) is 54.2 Å². The molecule has 1 aromatic heterocycles. The van der Waals surface area contributed by atoms with Gasteiger partial charge in [0.15, 0.2) is 5.78 Å². The van der Waals surface area contributed by atoms with E-state index >= 15 is 0 Å². The number of ketones is 1.